The molecule has 3 N–H and O–H groups in total. The lowest BCUT2D eigenvalue weighted by atomic mass is 9.93. The van der Waals surface area contributed by atoms with E-state index in [-0.39, 0.29) is 30.8 Å². The Bertz CT molecular complexity index is 585. The van der Waals surface area contributed by atoms with Crippen molar-refractivity contribution in [1.29, 1.82) is 0 Å². The highest BCUT2D eigenvalue weighted by molar-refractivity contribution is 5.85. The van der Waals surface area contributed by atoms with Gasteiger partial charge in [-0.15, -0.1) is 12.4 Å². The fourth-order valence-corrected chi connectivity index (χ4v) is 2.34. The van der Waals surface area contributed by atoms with Crippen molar-refractivity contribution >= 4 is 18.3 Å². The summed E-state index contributed by atoms with van der Waals surface area (Å²) >= 11 is 0. The van der Waals surface area contributed by atoms with Crippen LogP contribution in [0.5, 0.6) is 0 Å². The molecule has 0 spiro atoms. The van der Waals surface area contributed by atoms with Gasteiger partial charge in [0.15, 0.2) is 0 Å². The van der Waals surface area contributed by atoms with E-state index in [1.807, 2.05) is 74.5 Å². The van der Waals surface area contributed by atoms with Crippen molar-refractivity contribution in [3.05, 3.63) is 71.8 Å². The van der Waals surface area contributed by atoms with E-state index in [0.717, 1.165) is 11.1 Å². The lowest BCUT2D eigenvalue weighted by Crippen LogP contribution is -2.42. The van der Waals surface area contributed by atoms with Gasteiger partial charge in [0.05, 0.1) is 5.54 Å². The van der Waals surface area contributed by atoms with Crippen molar-refractivity contribution < 1.29 is 4.79 Å². The predicted octanol–water partition coefficient (Wildman–Crippen LogP) is 3.55. The van der Waals surface area contributed by atoms with E-state index in [0.29, 0.717) is 0 Å². The van der Waals surface area contributed by atoms with E-state index in [1.54, 1.807) is 0 Å². The predicted molar refractivity (Wildman–Crippen MR) is 92.8 cm³/mol. The van der Waals surface area contributed by atoms with Crippen LogP contribution in [0.2, 0.25) is 0 Å². The van der Waals surface area contributed by atoms with Crippen LogP contribution >= 0.6 is 12.4 Å². The minimum atomic E-state index is -0.408. The number of nitrogens with two attached hydrogens (primary N) is 1. The summed E-state index contributed by atoms with van der Waals surface area (Å²) in [6.45, 7) is 3.99. The molecule has 0 bridgehead atoms. The second-order valence-corrected chi connectivity index (χ2v) is 5.76. The van der Waals surface area contributed by atoms with Crippen LogP contribution in [0.1, 0.15) is 37.4 Å². The number of hydrogen-bond acceptors (Lipinski definition) is 2. The topological polar surface area (TPSA) is 55.1 Å². The second kappa shape index (κ2) is 7.97. The zero-order valence-corrected chi connectivity index (χ0v) is 13.8. The molecule has 0 heterocycles. The SMILES string of the molecule is CC(C)(NC(=O)CC(N)c1ccccc1)c1ccccc1.Cl. The minimum absolute atomic E-state index is 0. The molecule has 0 radical (unpaired) electrons. The highest BCUT2D eigenvalue weighted by Gasteiger charge is 2.23. The normalized spacial score (nSPS) is 12.1. The molecule has 0 aliphatic rings. The molecule has 118 valence electrons. The summed E-state index contributed by atoms with van der Waals surface area (Å²) in [5.41, 5.74) is 7.74. The number of carbonyl (C=O) groups is 1. The molecule has 2 aromatic rings. The number of rotatable bonds is 5. The van der Waals surface area contributed by atoms with E-state index >= 15 is 0 Å². The molecular formula is C18H23ClN2O. The minimum Gasteiger partial charge on any atom is -0.347 e. The van der Waals surface area contributed by atoms with Crippen LogP contribution in [-0.4, -0.2) is 5.91 Å². The standard InChI is InChI=1S/C18H22N2O.ClH/c1-18(2,15-11-7-4-8-12-15)20-17(21)13-16(19)14-9-5-3-6-10-14;/h3-12,16H,13,19H2,1-2H3,(H,20,21);1H. The molecule has 3 nitrogen and oxygen atoms in total. The first-order valence-corrected chi connectivity index (χ1v) is 7.16. The van der Waals surface area contributed by atoms with Gasteiger partial charge in [-0.3, -0.25) is 4.79 Å². The Morgan fingerprint density at radius 1 is 1.05 bits per heavy atom. The lowest BCUT2D eigenvalue weighted by Gasteiger charge is -2.27. The number of nitrogens with one attached hydrogen (secondary N) is 1. The Kier molecular flexibility index (Phi) is 6.60. The highest BCUT2D eigenvalue weighted by atomic mass is 35.5. The summed E-state index contributed by atoms with van der Waals surface area (Å²) in [7, 11) is 0. The van der Waals surface area contributed by atoms with Crippen molar-refractivity contribution in [2.24, 2.45) is 5.73 Å². The fraction of sp³-hybridized carbons (Fsp3) is 0.278. The van der Waals surface area contributed by atoms with Crippen molar-refractivity contribution in [3.63, 3.8) is 0 Å². The van der Waals surface area contributed by atoms with E-state index in [4.69, 9.17) is 5.73 Å². The molecule has 2 rings (SSSR count). The Hall–Kier alpha value is -1.84. The Balaban J connectivity index is 0.00000242. The Labute approximate surface area is 138 Å². The number of carbonyl (C=O) groups excluding carboxylic acids is 1. The molecule has 0 aromatic heterocycles. The molecule has 0 fully saturated rings. The maximum absolute atomic E-state index is 12.2. The first-order chi connectivity index (χ1) is 9.99. The summed E-state index contributed by atoms with van der Waals surface area (Å²) in [5, 5.41) is 3.05. The monoisotopic (exact) mass is 318 g/mol. The van der Waals surface area contributed by atoms with Crippen LogP contribution in [0.15, 0.2) is 60.7 Å². The molecule has 22 heavy (non-hydrogen) atoms. The van der Waals surface area contributed by atoms with Crippen molar-refractivity contribution in [2.45, 2.75) is 31.8 Å². The third kappa shape index (κ3) is 4.86. The van der Waals surface area contributed by atoms with E-state index in [2.05, 4.69) is 5.32 Å². The lowest BCUT2D eigenvalue weighted by molar-refractivity contribution is -0.123. The van der Waals surface area contributed by atoms with Crippen LogP contribution in [0.3, 0.4) is 0 Å². The van der Waals surface area contributed by atoms with Gasteiger partial charge in [0.1, 0.15) is 0 Å². The molecule has 4 heteroatoms. The average Bonchev–Trinajstić information content (AvgIpc) is 2.48. The van der Waals surface area contributed by atoms with Crippen LogP contribution in [-0.2, 0) is 10.3 Å². The van der Waals surface area contributed by atoms with Crippen molar-refractivity contribution in [2.75, 3.05) is 0 Å². The molecule has 1 atom stereocenters. The van der Waals surface area contributed by atoms with Gasteiger partial charge in [-0.05, 0) is 25.0 Å². The largest absolute Gasteiger partial charge is 0.347 e. The fourth-order valence-electron chi connectivity index (χ4n) is 2.34. The van der Waals surface area contributed by atoms with Crippen LogP contribution in [0.4, 0.5) is 0 Å². The molecule has 0 saturated heterocycles. The smallest absolute Gasteiger partial charge is 0.222 e. The quantitative estimate of drug-likeness (QED) is 0.885. The maximum atomic E-state index is 12.2. The summed E-state index contributed by atoms with van der Waals surface area (Å²) < 4.78 is 0. The van der Waals surface area contributed by atoms with Crippen LogP contribution < -0.4 is 11.1 Å². The molecular weight excluding hydrogens is 296 g/mol. The summed E-state index contributed by atoms with van der Waals surface area (Å²) in [6, 6.07) is 19.3. The molecule has 0 saturated carbocycles. The number of halogens is 1. The third-order valence-corrected chi connectivity index (χ3v) is 3.58. The Morgan fingerprint density at radius 2 is 1.55 bits per heavy atom. The van der Waals surface area contributed by atoms with Crippen LogP contribution in [0.25, 0.3) is 0 Å². The average molecular weight is 319 g/mol. The zero-order valence-electron chi connectivity index (χ0n) is 13.0. The van der Waals surface area contributed by atoms with Gasteiger partial charge in [0.2, 0.25) is 5.91 Å². The molecule has 1 unspecified atom stereocenters. The number of amides is 1. The van der Waals surface area contributed by atoms with E-state index < -0.39 is 5.54 Å². The molecule has 0 aliphatic carbocycles. The van der Waals surface area contributed by atoms with Crippen LogP contribution in [0, 0.1) is 0 Å². The molecule has 2 aromatic carbocycles. The number of hydrogen-bond donors (Lipinski definition) is 2. The second-order valence-electron chi connectivity index (χ2n) is 5.76. The van der Waals surface area contributed by atoms with Gasteiger partial charge >= 0.3 is 0 Å². The van der Waals surface area contributed by atoms with Gasteiger partial charge in [0, 0.05) is 12.5 Å². The summed E-state index contributed by atoms with van der Waals surface area (Å²) in [6.07, 6.45) is 0.278. The van der Waals surface area contributed by atoms with E-state index in [9.17, 15) is 4.79 Å². The molecule has 0 aliphatic heterocycles. The summed E-state index contributed by atoms with van der Waals surface area (Å²) in [4.78, 5) is 12.2. The first-order valence-electron chi connectivity index (χ1n) is 7.16. The van der Waals surface area contributed by atoms with Gasteiger partial charge in [0.25, 0.3) is 0 Å². The summed E-state index contributed by atoms with van der Waals surface area (Å²) in [5.74, 6) is -0.0415. The highest BCUT2D eigenvalue weighted by Crippen LogP contribution is 2.20. The van der Waals surface area contributed by atoms with Gasteiger partial charge < -0.3 is 11.1 Å². The zero-order chi connectivity index (χ0) is 15.3. The van der Waals surface area contributed by atoms with Gasteiger partial charge in [-0.2, -0.15) is 0 Å². The first kappa shape index (κ1) is 18.2. The van der Waals surface area contributed by atoms with Gasteiger partial charge in [-0.25, -0.2) is 0 Å². The molecule has 1 amide bonds. The van der Waals surface area contributed by atoms with Gasteiger partial charge in [-0.1, -0.05) is 60.7 Å². The third-order valence-electron chi connectivity index (χ3n) is 3.58. The number of benzene rings is 2. The Morgan fingerprint density at radius 3 is 2.09 bits per heavy atom. The maximum Gasteiger partial charge on any atom is 0.222 e. The van der Waals surface area contributed by atoms with E-state index in [1.165, 1.54) is 0 Å². The van der Waals surface area contributed by atoms with Crippen molar-refractivity contribution in [3.8, 4) is 0 Å². The van der Waals surface area contributed by atoms with Crippen molar-refractivity contribution in [1.82, 2.24) is 5.32 Å².